The lowest BCUT2D eigenvalue weighted by atomic mass is 10.1. The van der Waals surface area contributed by atoms with Crippen LogP contribution in [0.25, 0.3) is 11.3 Å². The van der Waals surface area contributed by atoms with E-state index in [0.29, 0.717) is 18.3 Å². The number of nitrogens with zero attached hydrogens (tertiary/aromatic N) is 1. The van der Waals surface area contributed by atoms with Crippen molar-refractivity contribution < 1.29 is 9.53 Å². The molecule has 1 saturated heterocycles. The van der Waals surface area contributed by atoms with Gasteiger partial charge < -0.3 is 15.4 Å². The Morgan fingerprint density at radius 2 is 2.13 bits per heavy atom. The smallest absolute Gasteiger partial charge is 0.245 e. The van der Waals surface area contributed by atoms with E-state index in [9.17, 15) is 4.79 Å². The molecular formula is C16H20ClN3O2S. The molecule has 124 valence electrons. The average Bonchev–Trinajstić information content (AvgIpc) is 2.97. The molecule has 2 aromatic rings. The quantitative estimate of drug-likeness (QED) is 0.890. The third-order valence-electron chi connectivity index (χ3n) is 3.68. The van der Waals surface area contributed by atoms with Crippen LogP contribution >= 0.6 is 23.7 Å². The van der Waals surface area contributed by atoms with Crippen molar-refractivity contribution in [3.8, 4) is 11.3 Å². The molecule has 0 spiro atoms. The lowest BCUT2D eigenvalue weighted by molar-refractivity contribution is -0.123. The number of carbonyl (C=O) groups is 1. The van der Waals surface area contributed by atoms with Gasteiger partial charge in [-0.25, -0.2) is 4.98 Å². The SMILES string of the molecule is Cc1ccc(-c2csc(NC(=O)[C@H]3NCCO[C@@H]3C)n2)cc1.Cl. The highest BCUT2D eigenvalue weighted by Gasteiger charge is 2.28. The van der Waals surface area contributed by atoms with E-state index < -0.39 is 0 Å². The summed E-state index contributed by atoms with van der Waals surface area (Å²) in [5.74, 6) is -0.1000. The van der Waals surface area contributed by atoms with Gasteiger partial charge in [0.1, 0.15) is 6.04 Å². The number of carbonyl (C=O) groups excluding carboxylic acids is 1. The zero-order chi connectivity index (χ0) is 15.5. The molecule has 3 rings (SSSR count). The minimum absolute atomic E-state index is 0. The highest BCUT2D eigenvalue weighted by molar-refractivity contribution is 7.14. The van der Waals surface area contributed by atoms with Crippen LogP contribution in [0, 0.1) is 6.92 Å². The van der Waals surface area contributed by atoms with Gasteiger partial charge in [0.05, 0.1) is 18.4 Å². The maximum Gasteiger partial charge on any atom is 0.245 e. The Hall–Kier alpha value is -1.47. The first-order chi connectivity index (χ1) is 10.6. The van der Waals surface area contributed by atoms with Crippen LogP contribution in [0.2, 0.25) is 0 Å². The third kappa shape index (κ3) is 4.29. The van der Waals surface area contributed by atoms with Gasteiger partial charge in [0.15, 0.2) is 5.13 Å². The fourth-order valence-corrected chi connectivity index (χ4v) is 3.12. The molecule has 1 aromatic carbocycles. The number of aryl methyl sites for hydroxylation is 1. The Balaban J connectivity index is 0.00000192. The summed E-state index contributed by atoms with van der Waals surface area (Å²) in [6.07, 6.45) is -0.134. The second-order valence-corrected chi connectivity index (χ2v) is 6.26. The number of rotatable bonds is 3. The van der Waals surface area contributed by atoms with Gasteiger partial charge >= 0.3 is 0 Å². The van der Waals surface area contributed by atoms with Crippen LogP contribution in [0.4, 0.5) is 5.13 Å². The molecular weight excluding hydrogens is 334 g/mol. The number of aromatic nitrogens is 1. The molecule has 1 aliphatic rings. The minimum atomic E-state index is -0.333. The Labute approximate surface area is 145 Å². The molecule has 0 unspecified atom stereocenters. The van der Waals surface area contributed by atoms with Crippen molar-refractivity contribution in [2.45, 2.75) is 26.0 Å². The summed E-state index contributed by atoms with van der Waals surface area (Å²) in [5, 5.41) is 8.61. The summed E-state index contributed by atoms with van der Waals surface area (Å²) in [5.41, 5.74) is 3.14. The first kappa shape index (κ1) is 17.9. The van der Waals surface area contributed by atoms with Crippen molar-refractivity contribution in [1.29, 1.82) is 0 Å². The number of thiazole rings is 1. The van der Waals surface area contributed by atoms with Crippen LogP contribution in [0.5, 0.6) is 0 Å². The topological polar surface area (TPSA) is 63.2 Å². The molecule has 2 atom stereocenters. The van der Waals surface area contributed by atoms with E-state index in [1.807, 2.05) is 24.4 Å². The van der Waals surface area contributed by atoms with Gasteiger partial charge in [-0.3, -0.25) is 4.79 Å². The van der Waals surface area contributed by atoms with Crippen LogP contribution in [-0.2, 0) is 9.53 Å². The van der Waals surface area contributed by atoms with E-state index in [1.165, 1.54) is 16.9 Å². The van der Waals surface area contributed by atoms with Crippen LogP contribution in [0.3, 0.4) is 0 Å². The van der Waals surface area contributed by atoms with Crippen molar-refractivity contribution in [2.24, 2.45) is 0 Å². The number of hydrogen-bond acceptors (Lipinski definition) is 5. The Morgan fingerprint density at radius 3 is 2.83 bits per heavy atom. The molecule has 0 aliphatic carbocycles. The highest BCUT2D eigenvalue weighted by atomic mass is 35.5. The van der Waals surface area contributed by atoms with Gasteiger partial charge in [-0.05, 0) is 13.8 Å². The number of anilines is 1. The predicted molar refractivity (Wildman–Crippen MR) is 95.4 cm³/mol. The van der Waals surface area contributed by atoms with E-state index >= 15 is 0 Å². The zero-order valence-corrected chi connectivity index (χ0v) is 14.7. The summed E-state index contributed by atoms with van der Waals surface area (Å²) in [6.45, 7) is 5.28. The van der Waals surface area contributed by atoms with Crippen LogP contribution < -0.4 is 10.6 Å². The van der Waals surface area contributed by atoms with Crippen molar-refractivity contribution >= 4 is 34.8 Å². The molecule has 0 bridgehead atoms. The van der Waals surface area contributed by atoms with Crippen LogP contribution in [-0.4, -0.2) is 36.2 Å². The number of ether oxygens (including phenoxy) is 1. The molecule has 1 aliphatic heterocycles. The second-order valence-electron chi connectivity index (χ2n) is 5.40. The van der Waals surface area contributed by atoms with E-state index in [1.54, 1.807) is 0 Å². The number of nitrogens with one attached hydrogen (secondary N) is 2. The third-order valence-corrected chi connectivity index (χ3v) is 4.44. The molecule has 2 N–H and O–H groups in total. The van der Waals surface area contributed by atoms with E-state index in [-0.39, 0.29) is 30.5 Å². The number of hydrogen-bond donors (Lipinski definition) is 2. The molecule has 2 heterocycles. The van der Waals surface area contributed by atoms with Crippen molar-refractivity contribution in [3.05, 3.63) is 35.2 Å². The lowest BCUT2D eigenvalue weighted by Crippen LogP contribution is -2.53. The molecule has 5 nitrogen and oxygen atoms in total. The van der Waals surface area contributed by atoms with Gasteiger partial charge in [-0.1, -0.05) is 29.8 Å². The molecule has 1 amide bonds. The van der Waals surface area contributed by atoms with Crippen LogP contribution in [0.15, 0.2) is 29.6 Å². The second kappa shape index (κ2) is 7.88. The van der Waals surface area contributed by atoms with Gasteiger partial charge in [0, 0.05) is 17.5 Å². The maximum absolute atomic E-state index is 12.3. The summed E-state index contributed by atoms with van der Waals surface area (Å²) < 4.78 is 5.49. The van der Waals surface area contributed by atoms with Gasteiger partial charge in [0.2, 0.25) is 5.91 Å². The summed E-state index contributed by atoms with van der Waals surface area (Å²) in [4.78, 5) is 16.8. The van der Waals surface area contributed by atoms with Crippen LogP contribution in [0.1, 0.15) is 12.5 Å². The number of amides is 1. The largest absolute Gasteiger partial charge is 0.375 e. The monoisotopic (exact) mass is 353 g/mol. The molecule has 23 heavy (non-hydrogen) atoms. The Morgan fingerprint density at radius 1 is 1.39 bits per heavy atom. The summed E-state index contributed by atoms with van der Waals surface area (Å²) >= 11 is 1.43. The van der Waals surface area contributed by atoms with Crippen molar-refractivity contribution in [1.82, 2.24) is 10.3 Å². The molecule has 7 heteroatoms. The molecule has 0 saturated carbocycles. The average molecular weight is 354 g/mol. The Bertz CT molecular complexity index is 660. The minimum Gasteiger partial charge on any atom is -0.375 e. The van der Waals surface area contributed by atoms with Gasteiger partial charge in [0.25, 0.3) is 0 Å². The highest BCUT2D eigenvalue weighted by Crippen LogP contribution is 2.25. The molecule has 0 radical (unpaired) electrons. The normalized spacial score (nSPS) is 20.6. The van der Waals surface area contributed by atoms with Crippen molar-refractivity contribution in [2.75, 3.05) is 18.5 Å². The molecule has 1 aromatic heterocycles. The van der Waals surface area contributed by atoms with E-state index in [0.717, 1.165) is 11.3 Å². The van der Waals surface area contributed by atoms with Gasteiger partial charge in [-0.15, -0.1) is 23.7 Å². The summed E-state index contributed by atoms with van der Waals surface area (Å²) in [6, 6.07) is 7.85. The fourth-order valence-electron chi connectivity index (χ4n) is 2.40. The Kier molecular flexibility index (Phi) is 6.12. The zero-order valence-electron chi connectivity index (χ0n) is 13.0. The number of halogens is 1. The lowest BCUT2D eigenvalue weighted by Gasteiger charge is -2.28. The van der Waals surface area contributed by atoms with Gasteiger partial charge in [-0.2, -0.15) is 0 Å². The maximum atomic E-state index is 12.3. The fraction of sp³-hybridized carbons (Fsp3) is 0.375. The number of morpholine rings is 1. The number of benzene rings is 1. The van der Waals surface area contributed by atoms with Crippen molar-refractivity contribution in [3.63, 3.8) is 0 Å². The predicted octanol–water partition coefficient (Wildman–Crippen LogP) is 2.86. The summed E-state index contributed by atoms with van der Waals surface area (Å²) in [7, 11) is 0. The van der Waals surface area contributed by atoms with E-state index in [4.69, 9.17) is 4.74 Å². The standard InChI is InChI=1S/C16H19N3O2S.ClH/c1-10-3-5-12(6-4-10)13-9-22-16(18-13)19-15(20)14-11(2)21-8-7-17-14;/h3-6,9,11,14,17H,7-8H2,1-2H3,(H,18,19,20);1H/t11-,14+;/m1./s1. The van der Waals surface area contributed by atoms with E-state index in [2.05, 4.69) is 34.7 Å². The first-order valence-electron chi connectivity index (χ1n) is 7.32. The first-order valence-corrected chi connectivity index (χ1v) is 8.20. The molecule has 1 fully saturated rings.